The third kappa shape index (κ3) is 1.77. The Bertz CT molecular complexity index is 41.9. The molecule has 0 nitrogen and oxygen atoms in total. The smallest absolute Gasteiger partial charge is 0 e. The Morgan fingerprint density at radius 2 is 2.33 bits per heavy atom. The molecule has 1 rings (SSSR count). The molecule has 0 atom stereocenters. The van der Waals surface area contributed by atoms with Gasteiger partial charge in [-0.15, -0.1) is 0 Å². The Hall–Kier alpha value is 0.428. The summed E-state index contributed by atoms with van der Waals surface area (Å²) >= 11 is 0. The predicted octanol–water partition coefficient (Wildman–Crippen LogP) is 1.53. The Balaban J connectivity index is 0.000000250. The van der Waals surface area contributed by atoms with Crippen LogP contribution >= 0.6 is 0 Å². The van der Waals surface area contributed by atoms with Gasteiger partial charge in [0.15, 0.2) is 0 Å². The first-order chi connectivity index (χ1) is 2.50. The standard InChI is InChI=1S/C5H7.W/c1-2-4-5-3-1;/h1H,2,4-5H2;. The van der Waals surface area contributed by atoms with E-state index in [4.69, 9.17) is 0 Å². The zero-order valence-electron chi connectivity index (χ0n) is 3.61. The average Bonchev–Trinajstić information content (AvgIpc) is 1.76. The SMILES string of the molecule is [C]1=CCCC1.[W]. The van der Waals surface area contributed by atoms with Crippen LogP contribution in [0.4, 0.5) is 0 Å². The summed E-state index contributed by atoms with van der Waals surface area (Å²) in [5, 5.41) is 0. The van der Waals surface area contributed by atoms with Crippen molar-refractivity contribution in [1.82, 2.24) is 0 Å². The molecule has 0 N–H and O–H groups in total. The van der Waals surface area contributed by atoms with Crippen LogP contribution in [0, 0.1) is 6.08 Å². The normalized spacial score (nSPS) is 17.3. The van der Waals surface area contributed by atoms with Gasteiger partial charge in [0.05, 0.1) is 0 Å². The van der Waals surface area contributed by atoms with Crippen LogP contribution in [0.3, 0.4) is 0 Å². The summed E-state index contributed by atoms with van der Waals surface area (Å²) in [6, 6.07) is 0. The molecule has 0 fully saturated rings. The van der Waals surface area contributed by atoms with Gasteiger partial charge < -0.3 is 0 Å². The third-order valence-corrected chi connectivity index (χ3v) is 0.814. The monoisotopic (exact) mass is 251 g/mol. The van der Waals surface area contributed by atoms with Crippen LogP contribution < -0.4 is 0 Å². The van der Waals surface area contributed by atoms with E-state index in [1.54, 1.807) is 0 Å². The predicted molar refractivity (Wildman–Crippen MR) is 21.7 cm³/mol. The van der Waals surface area contributed by atoms with E-state index in [0.717, 1.165) is 0 Å². The molecule has 6 heavy (non-hydrogen) atoms. The molecule has 0 heterocycles. The number of hydrogen-bond donors (Lipinski definition) is 0. The second-order valence-corrected chi connectivity index (χ2v) is 1.30. The molecular formula is C5H7W. The van der Waals surface area contributed by atoms with Crippen molar-refractivity contribution in [3.63, 3.8) is 0 Å². The van der Waals surface area contributed by atoms with Crippen LogP contribution in [0.5, 0.6) is 0 Å². The number of hydrogen-bond acceptors (Lipinski definition) is 0. The molecule has 0 unspecified atom stereocenters. The molecule has 0 bridgehead atoms. The number of allylic oxidation sites excluding steroid dienone is 2. The fourth-order valence-corrected chi connectivity index (χ4v) is 0.510. The van der Waals surface area contributed by atoms with Crippen LogP contribution in [0.1, 0.15) is 19.3 Å². The van der Waals surface area contributed by atoms with Gasteiger partial charge in [0.2, 0.25) is 0 Å². The van der Waals surface area contributed by atoms with E-state index in [2.05, 4.69) is 12.2 Å². The van der Waals surface area contributed by atoms with Gasteiger partial charge in [-0.3, -0.25) is 0 Å². The Morgan fingerprint density at radius 3 is 2.50 bits per heavy atom. The first-order valence-corrected chi connectivity index (χ1v) is 2.05. The van der Waals surface area contributed by atoms with E-state index in [9.17, 15) is 0 Å². The van der Waals surface area contributed by atoms with Crippen molar-refractivity contribution in [2.45, 2.75) is 19.3 Å². The summed E-state index contributed by atoms with van der Waals surface area (Å²) in [7, 11) is 0. The second-order valence-electron chi connectivity index (χ2n) is 1.30. The summed E-state index contributed by atoms with van der Waals surface area (Å²) in [4.78, 5) is 0. The molecule has 1 heteroatoms. The summed E-state index contributed by atoms with van der Waals surface area (Å²) in [6.07, 6.45) is 9.00. The molecule has 1 aliphatic carbocycles. The molecule has 33 valence electrons. The first kappa shape index (κ1) is 6.43. The maximum atomic E-state index is 3.10. The van der Waals surface area contributed by atoms with Crippen molar-refractivity contribution < 1.29 is 21.1 Å². The van der Waals surface area contributed by atoms with Gasteiger partial charge >= 0.3 is 0 Å². The molecule has 0 saturated carbocycles. The fraction of sp³-hybridized carbons (Fsp3) is 0.600. The van der Waals surface area contributed by atoms with E-state index in [-0.39, 0.29) is 21.1 Å². The van der Waals surface area contributed by atoms with E-state index < -0.39 is 0 Å². The van der Waals surface area contributed by atoms with Gasteiger partial charge in [0.1, 0.15) is 0 Å². The van der Waals surface area contributed by atoms with Crippen molar-refractivity contribution in [2.75, 3.05) is 0 Å². The zero-order valence-corrected chi connectivity index (χ0v) is 6.54. The molecule has 0 amide bonds. The molecule has 1 radical (unpaired) electrons. The van der Waals surface area contributed by atoms with Gasteiger partial charge in [-0.25, -0.2) is 0 Å². The first-order valence-electron chi connectivity index (χ1n) is 2.05. The van der Waals surface area contributed by atoms with E-state index in [1.807, 2.05) is 0 Å². The summed E-state index contributed by atoms with van der Waals surface area (Å²) in [5.41, 5.74) is 0. The van der Waals surface area contributed by atoms with Crippen LogP contribution in [-0.2, 0) is 21.1 Å². The van der Waals surface area contributed by atoms with Crippen LogP contribution in [-0.4, -0.2) is 0 Å². The molecular weight excluding hydrogens is 244 g/mol. The maximum absolute atomic E-state index is 3.10. The maximum Gasteiger partial charge on any atom is 0 e. The molecule has 0 aromatic rings. The molecule has 0 spiro atoms. The number of rotatable bonds is 0. The second kappa shape index (κ2) is 3.61. The Morgan fingerprint density at radius 1 is 1.50 bits per heavy atom. The van der Waals surface area contributed by atoms with E-state index in [1.165, 1.54) is 19.3 Å². The van der Waals surface area contributed by atoms with Crippen molar-refractivity contribution in [3.8, 4) is 0 Å². The molecule has 0 aromatic carbocycles. The third-order valence-electron chi connectivity index (χ3n) is 0.814. The summed E-state index contributed by atoms with van der Waals surface area (Å²) in [5.74, 6) is 0. The largest absolute Gasteiger partial charge is 0.0810 e. The van der Waals surface area contributed by atoms with Crippen LogP contribution in [0.25, 0.3) is 0 Å². The Kier molecular flexibility index (Phi) is 3.87. The van der Waals surface area contributed by atoms with Crippen LogP contribution in [0.15, 0.2) is 6.08 Å². The van der Waals surface area contributed by atoms with Gasteiger partial charge in [0, 0.05) is 21.1 Å². The Labute approximate surface area is 52.9 Å². The van der Waals surface area contributed by atoms with Gasteiger partial charge in [-0.1, -0.05) is 6.08 Å². The molecule has 0 aromatic heterocycles. The van der Waals surface area contributed by atoms with Crippen molar-refractivity contribution in [3.05, 3.63) is 12.2 Å². The molecule has 0 saturated heterocycles. The summed E-state index contributed by atoms with van der Waals surface area (Å²) < 4.78 is 0. The van der Waals surface area contributed by atoms with Crippen molar-refractivity contribution in [2.24, 2.45) is 0 Å². The minimum atomic E-state index is 0. The van der Waals surface area contributed by atoms with Crippen molar-refractivity contribution >= 4 is 0 Å². The average molecular weight is 251 g/mol. The summed E-state index contributed by atoms with van der Waals surface area (Å²) in [6.45, 7) is 0. The fourth-order valence-electron chi connectivity index (χ4n) is 0.510. The van der Waals surface area contributed by atoms with E-state index >= 15 is 0 Å². The minimum Gasteiger partial charge on any atom is -0.0810 e. The van der Waals surface area contributed by atoms with Crippen molar-refractivity contribution in [1.29, 1.82) is 0 Å². The van der Waals surface area contributed by atoms with Crippen LogP contribution in [0.2, 0.25) is 0 Å². The molecule has 0 aliphatic heterocycles. The topological polar surface area (TPSA) is 0 Å². The molecule has 1 aliphatic rings. The quantitative estimate of drug-likeness (QED) is 0.612. The van der Waals surface area contributed by atoms with E-state index in [0.29, 0.717) is 0 Å². The van der Waals surface area contributed by atoms with Gasteiger partial charge in [-0.2, -0.15) is 0 Å². The zero-order chi connectivity index (χ0) is 3.54. The van der Waals surface area contributed by atoms with Gasteiger partial charge in [0.25, 0.3) is 0 Å². The van der Waals surface area contributed by atoms with Gasteiger partial charge in [-0.05, 0) is 25.3 Å². The minimum absolute atomic E-state index is 0.